The second-order valence-electron chi connectivity index (χ2n) is 8.14. The molecule has 0 saturated carbocycles. The van der Waals surface area contributed by atoms with Crippen molar-refractivity contribution in [2.45, 2.75) is 0 Å². The zero-order chi connectivity index (χ0) is 25.2. The molecule has 8 nitrogen and oxygen atoms in total. The number of carbonyl (C=O) groups excluding carboxylic acids is 2. The number of benzene rings is 4. The van der Waals surface area contributed by atoms with Crippen LogP contribution < -0.4 is 22.1 Å². The van der Waals surface area contributed by atoms with Crippen LogP contribution in [0.25, 0.3) is 22.4 Å². The lowest BCUT2D eigenvalue weighted by molar-refractivity contribution is 0.101. The number of imidazole rings is 1. The van der Waals surface area contributed by atoms with Gasteiger partial charge in [0.1, 0.15) is 5.82 Å². The van der Waals surface area contributed by atoms with Gasteiger partial charge in [0.2, 0.25) is 0 Å². The van der Waals surface area contributed by atoms with Gasteiger partial charge in [0, 0.05) is 33.8 Å². The summed E-state index contributed by atoms with van der Waals surface area (Å²) in [6.07, 6.45) is 0. The zero-order valence-corrected chi connectivity index (χ0v) is 19.6. The van der Waals surface area contributed by atoms with E-state index in [9.17, 15) is 9.59 Å². The van der Waals surface area contributed by atoms with Crippen LogP contribution in [0.5, 0.6) is 0 Å². The van der Waals surface area contributed by atoms with Gasteiger partial charge in [-0.25, -0.2) is 4.98 Å². The Morgan fingerprint density at radius 3 is 1.86 bits per heavy atom. The predicted molar refractivity (Wildman–Crippen MR) is 144 cm³/mol. The van der Waals surface area contributed by atoms with E-state index in [1.807, 2.05) is 12.1 Å². The van der Waals surface area contributed by atoms with E-state index in [1.54, 1.807) is 72.8 Å². The Morgan fingerprint density at radius 1 is 0.722 bits per heavy atom. The van der Waals surface area contributed by atoms with Crippen LogP contribution in [0.2, 0.25) is 5.02 Å². The van der Waals surface area contributed by atoms with Crippen LogP contribution in [0.1, 0.15) is 20.7 Å². The average molecular weight is 497 g/mol. The summed E-state index contributed by atoms with van der Waals surface area (Å²) >= 11 is 6.59. The van der Waals surface area contributed by atoms with Gasteiger partial charge in [0.15, 0.2) is 0 Å². The normalized spacial score (nSPS) is 10.8. The molecule has 1 heterocycles. The number of halogens is 1. The van der Waals surface area contributed by atoms with Crippen molar-refractivity contribution in [3.63, 3.8) is 0 Å². The Kier molecular flexibility index (Phi) is 6.02. The van der Waals surface area contributed by atoms with Gasteiger partial charge in [0.05, 0.1) is 21.7 Å². The van der Waals surface area contributed by atoms with E-state index < -0.39 is 0 Å². The molecule has 0 aliphatic rings. The molecular weight excluding hydrogens is 476 g/mol. The second kappa shape index (κ2) is 9.44. The Morgan fingerprint density at radius 2 is 1.28 bits per heavy atom. The van der Waals surface area contributed by atoms with Crippen LogP contribution in [-0.2, 0) is 0 Å². The number of rotatable bonds is 5. The molecule has 0 aliphatic heterocycles. The summed E-state index contributed by atoms with van der Waals surface area (Å²) in [6, 6.07) is 24.1. The van der Waals surface area contributed by atoms with Crippen molar-refractivity contribution in [2.75, 3.05) is 22.1 Å². The van der Waals surface area contributed by atoms with Crippen molar-refractivity contribution < 1.29 is 9.59 Å². The number of nitrogen functional groups attached to an aromatic ring is 2. The maximum Gasteiger partial charge on any atom is 0.255 e. The van der Waals surface area contributed by atoms with Crippen molar-refractivity contribution in [1.29, 1.82) is 0 Å². The fourth-order valence-electron chi connectivity index (χ4n) is 3.66. The van der Waals surface area contributed by atoms with E-state index in [1.165, 1.54) is 0 Å². The highest BCUT2D eigenvalue weighted by atomic mass is 35.5. The van der Waals surface area contributed by atoms with Crippen LogP contribution in [0.3, 0.4) is 0 Å². The van der Waals surface area contributed by atoms with Gasteiger partial charge in [-0.1, -0.05) is 11.6 Å². The first kappa shape index (κ1) is 22.9. The van der Waals surface area contributed by atoms with Crippen LogP contribution in [0.15, 0.2) is 84.9 Å². The van der Waals surface area contributed by atoms with E-state index >= 15 is 0 Å². The number of nitrogens with two attached hydrogens (primary N) is 2. The summed E-state index contributed by atoms with van der Waals surface area (Å²) in [6.45, 7) is 0. The van der Waals surface area contributed by atoms with Gasteiger partial charge in [-0.15, -0.1) is 0 Å². The lowest BCUT2D eigenvalue weighted by Gasteiger charge is -2.08. The molecule has 5 aromatic rings. The lowest BCUT2D eigenvalue weighted by atomic mass is 10.1. The van der Waals surface area contributed by atoms with Gasteiger partial charge in [-0.05, 0) is 84.9 Å². The van der Waals surface area contributed by atoms with Crippen molar-refractivity contribution in [3.05, 3.63) is 101 Å². The zero-order valence-electron chi connectivity index (χ0n) is 18.9. The molecule has 4 aromatic carbocycles. The quantitative estimate of drug-likeness (QED) is 0.203. The molecule has 0 fully saturated rings. The standard InChI is InChI=1S/C27H21ClN6O2/c28-23-21(33-27(36)17-3-9-19(30)10-4-17)13-14-22-24(23)34-25(32-22)15-5-11-20(12-6-15)31-26(35)16-1-7-18(29)8-2-16/h1-14H,29-30H2,(H,31,35)(H,32,34)(H,33,36). The van der Waals surface area contributed by atoms with Crippen molar-refractivity contribution in [3.8, 4) is 11.4 Å². The monoisotopic (exact) mass is 496 g/mol. The number of amides is 2. The van der Waals surface area contributed by atoms with E-state index in [0.717, 1.165) is 5.56 Å². The van der Waals surface area contributed by atoms with Gasteiger partial charge < -0.3 is 27.1 Å². The molecule has 0 atom stereocenters. The average Bonchev–Trinajstić information content (AvgIpc) is 3.32. The first-order valence-corrected chi connectivity index (χ1v) is 11.4. The van der Waals surface area contributed by atoms with Crippen molar-refractivity contribution in [2.24, 2.45) is 0 Å². The Labute approximate surface area is 211 Å². The molecule has 0 radical (unpaired) electrons. The first-order valence-electron chi connectivity index (χ1n) is 11.0. The maximum atomic E-state index is 12.6. The number of anilines is 4. The molecular formula is C27H21ClN6O2. The van der Waals surface area contributed by atoms with Gasteiger partial charge in [0.25, 0.3) is 11.8 Å². The molecule has 0 spiro atoms. The third-order valence-corrected chi connectivity index (χ3v) is 6.00. The molecule has 7 N–H and O–H groups in total. The Balaban J connectivity index is 1.33. The SMILES string of the molecule is Nc1ccc(C(=O)Nc2ccc(-c3nc4ccc(NC(=O)c5ccc(N)cc5)c(Cl)c4[nH]3)cc2)cc1. The summed E-state index contributed by atoms with van der Waals surface area (Å²) in [7, 11) is 0. The predicted octanol–water partition coefficient (Wildman–Crippen LogP) is 5.55. The Bertz CT molecular complexity index is 1580. The fraction of sp³-hybridized carbons (Fsp3) is 0. The summed E-state index contributed by atoms with van der Waals surface area (Å²) in [5.74, 6) is 0.0738. The third-order valence-electron chi connectivity index (χ3n) is 5.61. The number of aromatic amines is 1. The minimum absolute atomic E-state index is 0.230. The topological polar surface area (TPSA) is 139 Å². The molecule has 36 heavy (non-hydrogen) atoms. The fourth-order valence-corrected chi connectivity index (χ4v) is 3.91. The van der Waals surface area contributed by atoms with Crippen LogP contribution >= 0.6 is 11.6 Å². The molecule has 0 bridgehead atoms. The number of hydrogen-bond acceptors (Lipinski definition) is 5. The molecule has 0 saturated heterocycles. The van der Waals surface area contributed by atoms with Crippen molar-refractivity contribution in [1.82, 2.24) is 9.97 Å². The van der Waals surface area contributed by atoms with E-state index in [0.29, 0.717) is 55.8 Å². The third kappa shape index (κ3) is 4.70. The summed E-state index contributed by atoms with van der Waals surface area (Å²) in [5.41, 5.74) is 16.7. The molecule has 178 valence electrons. The molecule has 9 heteroatoms. The van der Waals surface area contributed by atoms with Crippen LogP contribution in [0.4, 0.5) is 22.7 Å². The van der Waals surface area contributed by atoms with Crippen LogP contribution in [0, 0.1) is 0 Å². The largest absolute Gasteiger partial charge is 0.399 e. The highest BCUT2D eigenvalue weighted by Crippen LogP contribution is 2.32. The Hall–Kier alpha value is -4.82. The first-order chi connectivity index (χ1) is 17.4. The molecule has 5 rings (SSSR count). The van der Waals surface area contributed by atoms with E-state index in [4.69, 9.17) is 23.1 Å². The number of fused-ring (bicyclic) bond motifs is 1. The number of hydrogen-bond donors (Lipinski definition) is 5. The van der Waals surface area contributed by atoms with Crippen molar-refractivity contribution >= 4 is 57.2 Å². The van der Waals surface area contributed by atoms with Gasteiger partial charge in [-0.3, -0.25) is 9.59 Å². The number of nitrogens with zero attached hydrogens (tertiary/aromatic N) is 1. The minimum Gasteiger partial charge on any atom is -0.399 e. The van der Waals surface area contributed by atoms with E-state index in [-0.39, 0.29) is 11.8 Å². The van der Waals surface area contributed by atoms with E-state index in [2.05, 4.69) is 20.6 Å². The molecule has 1 aromatic heterocycles. The highest BCUT2D eigenvalue weighted by molar-refractivity contribution is 6.38. The highest BCUT2D eigenvalue weighted by Gasteiger charge is 2.14. The number of aromatic nitrogens is 2. The second-order valence-corrected chi connectivity index (χ2v) is 8.51. The smallest absolute Gasteiger partial charge is 0.255 e. The molecule has 0 unspecified atom stereocenters. The van der Waals surface area contributed by atoms with Gasteiger partial charge in [-0.2, -0.15) is 0 Å². The number of nitrogens with one attached hydrogen (secondary N) is 3. The number of carbonyl (C=O) groups is 2. The summed E-state index contributed by atoms with van der Waals surface area (Å²) in [5, 5.41) is 6.03. The molecule has 2 amide bonds. The maximum absolute atomic E-state index is 12.6. The minimum atomic E-state index is -0.299. The van der Waals surface area contributed by atoms with Gasteiger partial charge >= 0.3 is 0 Å². The summed E-state index contributed by atoms with van der Waals surface area (Å²) in [4.78, 5) is 32.8. The summed E-state index contributed by atoms with van der Waals surface area (Å²) < 4.78 is 0. The lowest BCUT2D eigenvalue weighted by Crippen LogP contribution is -2.12. The molecule has 0 aliphatic carbocycles. The van der Waals surface area contributed by atoms with Crippen LogP contribution in [-0.4, -0.2) is 21.8 Å². The number of H-pyrrole nitrogens is 1.